The number of rotatable bonds is 6. The minimum absolute atomic E-state index is 0.232. The number of anilines is 2. The van der Waals surface area contributed by atoms with E-state index in [0.29, 0.717) is 17.9 Å². The quantitative estimate of drug-likeness (QED) is 0.505. The van der Waals surface area contributed by atoms with Gasteiger partial charge in [-0.1, -0.05) is 6.08 Å². The summed E-state index contributed by atoms with van der Waals surface area (Å²) >= 11 is 0. The van der Waals surface area contributed by atoms with Crippen LogP contribution in [0.5, 0.6) is 0 Å². The predicted octanol–water partition coefficient (Wildman–Crippen LogP) is 0.380. The Hall–Kier alpha value is -4.15. The summed E-state index contributed by atoms with van der Waals surface area (Å²) < 4.78 is 3.59. The van der Waals surface area contributed by atoms with Crippen molar-refractivity contribution in [1.82, 2.24) is 24.0 Å². The Labute approximate surface area is 170 Å². The SMILES string of the molecule is C=CCNC(=O)Nc1ccc(NC(=O)Cn2c(=O)c3c(ncn3C)n(C)c2=O)cc1. The fourth-order valence-corrected chi connectivity index (χ4v) is 2.86. The second-order valence-corrected chi connectivity index (χ2v) is 6.51. The lowest BCUT2D eigenvalue weighted by Gasteiger charge is -2.10. The van der Waals surface area contributed by atoms with Crippen molar-refractivity contribution in [2.75, 3.05) is 17.2 Å². The van der Waals surface area contributed by atoms with Crippen molar-refractivity contribution in [3.63, 3.8) is 0 Å². The first-order chi connectivity index (χ1) is 14.3. The molecule has 0 aliphatic rings. The van der Waals surface area contributed by atoms with Crippen LogP contribution in [-0.2, 0) is 25.4 Å². The van der Waals surface area contributed by atoms with Gasteiger partial charge in [0.1, 0.15) is 6.54 Å². The predicted molar refractivity (Wildman–Crippen MR) is 113 cm³/mol. The van der Waals surface area contributed by atoms with Crippen molar-refractivity contribution in [3.8, 4) is 0 Å². The summed E-state index contributed by atoms with van der Waals surface area (Å²) in [7, 11) is 3.13. The van der Waals surface area contributed by atoms with E-state index in [1.807, 2.05) is 0 Å². The molecule has 2 heterocycles. The van der Waals surface area contributed by atoms with E-state index in [0.717, 1.165) is 4.57 Å². The first-order valence-electron chi connectivity index (χ1n) is 8.98. The van der Waals surface area contributed by atoms with E-state index in [9.17, 15) is 19.2 Å². The molecule has 0 radical (unpaired) electrons. The fourth-order valence-electron chi connectivity index (χ4n) is 2.86. The first-order valence-corrected chi connectivity index (χ1v) is 8.98. The average Bonchev–Trinajstić information content (AvgIpc) is 3.11. The standard InChI is InChI=1S/C19H21N7O4/c1-4-9-20-18(29)23-13-7-5-12(6-8-13)22-14(27)10-26-17(28)15-16(21-11-24(15)2)25(3)19(26)30/h4-8,11H,1,9-10H2,2-3H3,(H,22,27)(H2,20,23,29). The van der Waals surface area contributed by atoms with Gasteiger partial charge in [0.05, 0.1) is 6.33 Å². The number of aryl methyl sites for hydroxylation is 2. The summed E-state index contributed by atoms with van der Waals surface area (Å²) in [6.07, 6.45) is 2.99. The minimum atomic E-state index is -0.633. The highest BCUT2D eigenvalue weighted by Gasteiger charge is 2.17. The van der Waals surface area contributed by atoms with Crippen LogP contribution in [0.3, 0.4) is 0 Å². The van der Waals surface area contributed by atoms with Crippen molar-refractivity contribution in [1.29, 1.82) is 0 Å². The van der Waals surface area contributed by atoms with Gasteiger partial charge in [0.2, 0.25) is 5.91 Å². The maximum Gasteiger partial charge on any atom is 0.332 e. The van der Waals surface area contributed by atoms with Gasteiger partial charge in [-0.2, -0.15) is 0 Å². The normalized spacial score (nSPS) is 10.6. The molecule has 3 rings (SSSR count). The third-order valence-electron chi connectivity index (χ3n) is 4.34. The van der Waals surface area contributed by atoms with Gasteiger partial charge in [-0.3, -0.25) is 14.2 Å². The highest BCUT2D eigenvalue weighted by Crippen LogP contribution is 2.13. The Morgan fingerprint density at radius 2 is 1.73 bits per heavy atom. The number of hydrogen-bond acceptors (Lipinski definition) is 5. The number of nitrogens with zero attached hydrogens (tertiary/aromatic N) is 4. The number of benzene rings is 1. The van der Waals surface area contributed by atoms with Gasteiger partial charge in [0, 0.05) is 32.0 Å². The molecule has 0 saturated heterocycles. The van der Waals surface area contributed by atoms with Crippen LogP contribution >= 0.6 is 0 Å². The van der Waals surface area contributed by atoms with E-state index in [1.165, 1.54) is 22.5 Å². The third kappa shape index (κ3) is 4.14. The molecule has 0 spiro atoms. The largest absolute Gasteiger partial charge is 0.334 e. The molecule has 156 valence electrons. The van der Waals surface area contributed by atoms with Crippen molar-refractivity contribution in [2.24, 2.45) is 14.1 Å². The van der Waals surface area contributed by atoms with Gasteiger partial charge in [-0.15, -0.1) is 6.58 Å². The number of hydrogen-bond donors (Lipinski definition) is 3. The zero-order chi connectivity index (χ0) is 21.8. The zero-order valence-corrected chi connectivity index (χ0v) is 16.5. The van der Waals surface area contributed by atoms with Crippen LogP contribution in [0.25, 0.3) is 11.2 Å². The molecular weight excluding hydrogens is 390 g/mol. The number of carbonyl (C=O) groups excluding carboxylic acids is 2. The van der Waals surface area contributed by atoms with Crippen LogP contribution in [0.1, 0.15) is 0 Å². The van der Waals surface area contributed by atoms with Crippen molar-refractivity contribution >= 4 is 34.5 Å². The van der Waals surface area contributed by atoms with Crippen LogP contribution < -0.4 is 27.2 Å². The van der Waals surface area contributed by atoms with Gasteiger partial charge in [0.25, 0.3) is 5.56 Å². The Kier molecular flexibility index (Phi) is 5.81. The maximum absolute atomic E-state index is 12.7. The first kappa shape index (κ1) is 20.6. The number of carbonyl (C=O) groups is 2. The highest BCUT2D eigenvalue weighted by atomic mass is 16.2. The van der Waals surface area contributed by atoms with E-state index in [2.05, 4.69) is 27.5 Å². The molecule has 3 N–H and O–H groups in total. The molecule has 0 fully saturated rings. The Morgan fingerprint density at radius 3 is 2.37 bits per heavy atom. The summed E-state index contributed by atoms with van der Waals surface area (Å²) in [6.45, 7) is 3.40. The number of urea groups is 1. The van der Waals surface area contributed by atoms with E-state index in [1.54, 1.807) is 37.4 Å². The van der Waals surface area contributed by atoms with Gasteiger partial charge >= 0.3 is 11.7 Å². The van der Waals surface area contributed by atoms with Crippen LogP contribution in [-0.4, -0.2) is 37.2 Å². The molecule has 11 nitrogen and oxygen atoms in total. The highest BCUT2D eigenvalue weighted by molar-refractivity contribution is 5.92. The molecule has 0 aliphatic carbocycles. The molecule has 3 amide bonds. The van der Waals surface area contributed by atoms with Gasteiger partial charge in [-0.25, -0.2) is 19.1 Å². The molecular formula is C19H21N7O4. The summed E-state index contributed by atoms with van der Waals surface area (Å²) in [5.74, 6) is -0.542. The van der Waals surface area contributed by atoms with E-state index < -0.39 is 23.7 Å². The van der Waals surface area contributed by atoms with E-state index in [4.69, 9.17) is 0 Å². The molecule has 30 heavy (non-hydrogen) atoms. The molecule has 3 aromatic rings. The van der Waals surface area contributed by atoms with Crippen LogP contribution in [0, 0.1) is 0 Å². The van der Waals surface area contributed by atoms with E-state index >= 15 is 0 Å². The number of fused-ring (bicyclic) bond motifs is 1. The van der Waals surface area contributed by atoms with Crippen LogP contribution in [0.2, 0.25) is 0 Å². The lowest BCUT2D eigenvalue weighted by Crippen LogP contribution is -2.42. The van der Waals surface area contributed by atoms with E-state index in [-0.39, 0.29) is 17.2 Å². The van der Waals surface area contributed by atoms with Crippen molar-refractivity contribution in [2.45, 2.75) is 6.54 Å². The van der Waals surface area contributed by atoms with Gasteiger partial charge < -0.3 is 20.5 Å². The summed E-state index contributed by atoms with van der Waals surface area (Å²) in [4.78, 5) is 53.2. The van der Waals surface area contributed by atoms with Gasteiger partial charge in [-0.05, 0) is 24.3 Å². The zero-order valence-electron chi connectivity index (χ0n) is 16.5. The second kappa shape index (κ2) is 8.47. The average molecular weight is 411 g/mol. The molecule has 0 aliphatic heterocycles. The number of aromatic nitrogens is 4. The molecule has 11 heteroatoms. The Balaban J connectivity index is 1.73. The molecule has 0 unspecified atom stereocenters. The molecule has 0 atom stereocenters. The molecule has 2 aromatic heterocycles. The van der Waals surface area contributed by atoms with Crippen molar-refractivity contribution < 1.29 is 9.59 Å². The fraction of sp³-hybridized carbons (Fsp3) is 0.211. The molecule has 0 saturated carbocycles. The third-order valence-corrected chi connectivity index (χ3v) is 4.34. The van der Waals surface area contributed by atoms with Crippen LogP contribution in [0.4, 0.5) is 16.2 Å². The summed E-state index contributed by atoms with van der Waals surface area (Å²) in [5.41, 5.74) is 0.240. The number of nitrogens with one attached hydrogen (secondary N) is 3. The Morgan fingerprint density at radius 1 is 1.10 bits per heavy atom. The lowest BCUT2D eigenvalue weighted by molar-refractivity contribution is -0.116. The molecule has 0 bridgehead atoms. The maximum atomic E-state index is 12.7. The lowest BCUT2D eigenvalue weighted by atomic mass is 10.3. The number of amides is 3. The molecule has 1 aromatic carbocycles. The van der Waals surface area contributed by atoms with Crippen LogP contribution in [0.15, 0.2) is 52.8 Å². The smallest absolute Gasteiger partial charge is 0.332 e. The summed E-state index contributed by atoms with van der Waals surface area (Å²) in [6, 6.07) is 6.01. The number of imidazole rings is 1. The topological polar surface area (TPSA) is 132 Å². The van der Waals surface area contributed by atoms with Crippen molar-refractivity contribution in [3.05, 3.63) is 64.1 Å². The van der Waals surface area contributed by atoms with Gasteiger partial charge in [0.15, 0.2) is 11.2 Å². The Bertz CT molecular complexity index is 1230. The summed E-state index contributed by atoms with van der Waals surface area (Å²) in [5, 5.41) is 7.83. The minimum Gasteiger partial charge on any atom is -0.334 e. The second-order valence-electron chi connectivity index (χ2n) is 6.51. The monoisotopic (exact) mass is 411 g/mol.